The SMILES string of the molecule is COc1ccc(C2CCCN2C(=O)Cc2csc(N3CCCC3=O)n2)cc1. The number of nitrogens with zero attached hydrogens (tertiary/aromatic N) is 3. The Balaban J connectivity index is 1.44. The second-order valence-corrected chi connectivity index (χ2v) is 7.80. The van der Waals surface area contributed by atoms with Crippen LogP contribution in [0.5, 0.6) is 5.75 Å². The van der Waals surface area contributed by atoms with Gasteiger partial charge >= 0.3 is 0 Å². The largest absolute Gasteiger partial charge is 0.497 e. The van der Waals surface area contributed by atoms with E-state index in [-0.39, 0.29) is 24.3 Å². The van der Waals surface area contributed by atoms with E-state index in [1.807, 2.05) is 34.5 Å². The third-order valence-electron chi connectivity index (χ3n) is 5.25. The summed E-state index contributed by atoms with van der Waals surface area (Å²) in [4.78, 5) is 33.0. The molecule has 2 amide bonds. The molecule has 0 saturated carbocycles. The fourth-order valence-electron chi connectivity index (χ4n) is 3.85. The smallest absolute Gasteiger partial charge is 0.229 e. The molecule has 1 atom stereocenters. The van der Waals surface area contributed by atoms with E-state index in [0.29, 0.717) is 11.6 Å². The average molecular weight is 385 g/mol. The Bertz CT molecular complexity index is 833. The molecule has 2 fully saturated rings. The molecule has 2 aromatic rings. The minimum atomic E-state index is 0.0953. The van der Waals surface area contributed by atoms with Crippen LogP contribution in [0.2, 0.25) is 0 Å². The summed E-state index contributed by atoms with van der Waals surface area (Å²) in [6.07, 6.45) is 3.73. The van der Waals surface area contributed by atoms with Crippen LogP contribution in [0.25, 0.3) is 0 Å². The molecule has 27 heavy (non-hydrogen) atoms. The van der Waals surface area contributed by atoms with Crippen molar-refractivity contribution in [2.75, 3.05) is 25.1 Å². The van der Waals surface area contributed by atoms with Crippen molar-refractivity contribution in [3.8, 4) is 5.75 Å². The normalized spacial score (nSPS) is 19.7. The monoisotopic (exact) mass is 385 g/mol. The van der Waals surface area contributed by atoms with Crippen LogP contribution < -0.4 is 9.64 Å². The fraction of sp³-hybridized carbons (Fsp3) is 0.450. The third-order valence-corrected chi connectivity index (χ3v) is 6.16. The number of rotatable bonds is 5. The molecule has 1 aromatic carbocycles. The van der Waals surface area contributed by atoms with Gasteiger partial charge in [-0.2, -0.15) is 0 Å². The van der Waals surface area contributed by atoms with Crippen molar-refractivity contribution >= 4 is 28.3 Å². The van der Waals surface area contributed by atoms with Gasteiger partial charge < -0.3 is 9.64 Å². The van der Waals surface area contributed by atoms with E-state index in [4.69, 9.17) is 4.74 Å². The van der Waals surface area contributed by atoms with Gasteiger partial charge in [-0.25, -0.2) is 4.98 Å². The molecule has 2 aliphatic heterocycles. The predicted octanol–water partition coefficient (Wildman–Crippen LogP) is 3.18. The summed E-state index contributed by atoms with van der Waals surface area (Å²) in [5.74, 6) is 1.04. The van der Waals surface area contributed by atoms with Crippen molar-refractivity contribution in [1.29, 1.82) is 0 Å². The summed E-state index contributed by atoms with van der Waals surface area (Å²) in [6, 6.07) is 8.07. The summed E-state index contributed by atoms with van der Waals surface area (Å²) < 4.78 is 5.22. The lowest BCUT2D eigenvalue weighted by Crippen LogP contribution is -2.32. The first-order valence-corrected chi connectivity index (χ1v) is 10.2. The van der Waals surface area contributed by atoms with E-state index in [1.54, 1.807) is 12.0 Å². The van der Waals surface area contributed by atoms with Crippen LogP contribution in [-0.4, -0.2) is 41.9 Å². The summed E-state index contributed by atoms with van der Waals surface area (Å²) in [7, 11) is 1.65. The number of hydrogen-bond acceptors (Lipinski definition) is 5. The molecule has 2 aliphatic rings. The molecule has 3 heterocycles. The molecule has 6 nitrogen and oxygen atoms in total. The minimum Gasteiger partial charge on any atom is -0.497 e. The lowest BCUT2D eigenvalue weighted by molar-refractivity contribution is -0.131. The zero-order chi connectivity index (χ0) is 18.8. The first-order chi connectivity index (χ1) is 13.2. The van der Waals surface area contributed by atoms with Gasteiger partial charge in [-0.3, -0.25) is 14.5 Å². The van der Waals surface area contributed by atoms with E-state index in [1.165, 1.54) is 11.3 Å². The molecule has 0 spiro atoms. The first kappa shape index (κ1) is 18.0. The topological polar surface area (TPSA) is 62.7 Å². The Kier molecular flexibility index (Phi) is 5.11. The van der Waals surface area contributed by atoms with Crippen LogP contribution >= 0.6 is 11.3 Å². The predicted molar refractivity (Wildman–Crippen MR) is 104 cm³/mol. The number of ether oxygens (including phenoxy) is 1. The Labute approximate surface area is 162 Å². The third kappa shape index (κ3) is 3.69. The second-order valence-electron chi connectivity index (χ2n) is 6.97. The highest BCUT2D eigenvalue weighted by molar-refractivity contribution is 7.14. The van der Waals surface area contributed by atoms with Gasteiger partial charge in [0, 0.05) is 24.9 Å². The number of carbonyl (C=O) groups excluding carboxylic acids is 2. The molecule has 7 heteroatoms. The molecule has 1 unspecified atom stereocenters. The standard InChI is InChI=1S/C20H23N3O3S/c1-26-16-8-6-14(7-9-16)17-4-2-10-22(17)19(25)12-15-13-27-20(21-15)23-11-3-5-18(23)24/h6-9,13,17H,2-5,10-12H2,1H3. The maximum Gasteiger partial charge on any atom is 0.229 e. The quantitative estimate of drug-likeness (QED) is 0.793. The maximum atomic E-state index is 12.9. The van der Waals surface area contributed by atoms with Crippen LogP contribution in [0.15, 0.2) is 29.6 Å². The van der Waals surface area contributed by atoms with Crippen LogP contribution in [0.4, 0.5) is 5.13 Å². The highest BCUT2D eigenvalue weighted by atomic mass is 32.1. The number of methoxy groups -OCH3 is 1. The van der Waals surface area contributed by atoms with Crippen molar-refractivity contribution in [3.63, 3.8) is 0 Å². The van der Waals surface area contributed by atoms with Gasteiger partial charge in [-0.15, -0.1) is 11.3 Å². The van der Waals surface area contributed by atoms with Crippen LogP contribution in [0.3, 0.4) is 0 Å². The lowest BCUT2D eigenvalue weighted by Gasteiger charge is -2.25. The summed E-state index contributed by atoms with van der Waals surface area (Å²) in [5, 5.41) is 2.62. The number of carbonyl (C=O) groups is 2. The number of anilines is 1. The molecular formula is C20H23N3O3S. The van der Waals surface area contributed by atoms with E-state index >= 15 is 0 Å². The van der Waals surface area contributed by atoms with Crippen LogP contribution in [0.1, 0.15) is 43.0 Å². The number of thiazole rings is 1. The number of hydrogen-bond donors (Lipinski definition) is 0. The number of benzene rings is 1. The molecule has 0 bridgehead atoms. The van der Waals surface area contributed by atoms with Crippen LogP contribution in [-0.2, 0) is 16.0 Å². The van der Waals surface area contributed by atoms with Gasteiger partial charge in [-0.05, 0) is 37.0 Å². The van der Waals surface area contributed by atoms with E-state index < -0.39 is 0 Å². The molecule has 4 rings (SSSR count). The van der Waals surface area contributed by atoms with Gasteiger partial charge in [0.1, 0.15) is 5.75 Å². The van der Waals surface area contributed by atoms with E-state index in [2.05, 4.69) is 4.98 Å². The van der Waals surface area contributed by atoms with Gasteiger partial charge in [0.05, 0.1) is 25.3 Å². The second kappa shape index (κ2) is 7.68. The van der Waals surface area contributed by atoms with Gasteiger partial charge in [0.2, 0.25) is 11.8 Å². The highest BCUT2D eigenvalue weighted by Gasteiger charge is 2.31. The van der Waals surface area contributed by atoms with E-state index in [0.717, 1.165) is 49.4 Å². The molecule has 0 radical (unpaired) electrons. The lowest BCUT2D eigenvalue weighted by atomic mass is 10.0. The number of likely N-dealkylation sites (tertiary alicyclic amines) is 1. The van der Waals surface area contributed by atoms with Gasteiger partial charge in [0.25, 0.3) is 0 Å². The van der Waals surface area contributed by atoms with Gasteiger partial charge in [-0.1, -0.05) is 12.1 Å². The van der Waals surface area contributed by atoms with Crippen molar-refractivity contribution in [1.82, 2.24) is 9.88 Å². The molecule has 1 aromatic heterocycles. The summed E-state index contributed by atoms with van der Waals surface area (Å²) in [6.45, 7) is 1.50. The Hall–Kier alpha value is -2.41. The Morgan fingerprint density at radius 1 is 1.26 bits per heavy atom. The van der Waals surface area contributed by atoms with Crippen LogP contribution in [0, 0.1) is 0 Å². The minimum absolute atomic E-state index is 0.0953. The molecule has 0 aliphatic carbocycles. The van der Waals surface area contributed by atoms with E-state index in [9.17, 15) is 9.59 Å². The highest BCUT2D eigenvalue weighted by Crippen LogP contribution is 2.33. The van der Waals surface area contributed by atoms with Gasteiger partial charge in [0.15, 0.2) is 5.13 Å². The number of aromatic nitrogens is 1. The average Bonchev–Trinajstić information content (AvgIpc) is 3.42. The van der Waals surface area contributed by atoms with Crippen molar-refractivity contribution in [2.24, 2.45) is 0 Å². The van der Waals surface area contributed by atoms with Crippen molar-refractivity contribution in [3.05, 3.63) is 40.9 Å². The zero-order valence-electron chi connectivity index (χ0n) is 15.4. The summed E-state index contributed by atoms with van der Waals surface area (Å²) in [5.41, 5.74) is 1.89. The Morgan fingerprint density at radius 3 is 2.78 bits per heavy atom. The zero-order valence-corrected chi connectivity index (χ0v) is 16.2. The van der Waals surface area contributed by atoms with Crippen molar-refractivity contribution in [2.45, 2.75) is 38.1 Å². The maximum absolute atomic E-state index is 12.9. The van der Waals surface area contributed by atoms with Crippen molar-refractivity contribution < 1.29 is 14.3 Å². The summed E-state index contributed by atoms with van der Waals surface area (Å²) >= 11 is 1.45. The first-order valence-electron chi connectivity index (χ1n) is 9.34. The molecule has 0 N–H and O–H groups in total. The molecule has 142 valence electrons. The fourth-order valence-corrected chi connectivity index (χ4v) is 4.71. The Morgan fingerprint density at radius 2 is 2.07 bits per heavy atom. The molecule has 2 saturated heterocycles. The molecular weight excluding hydrogens is 362 g/mol. The number of amides is 2.